The Kier molecular flexibility index (Phi) is 25.2. The maximum Gasteiger partial charge on any atom is 0.217 e. The summed E-state index contributed by atoms with van der Waals surface area (Å²) >= 11 is 0. The van der Waals surface area contributed by atoms with Crippen LogP contribution in [0.2, 0.25) is 0 Å². The van der Waals surface area contributed by atoms with Crippen molar-refractivity contribution in [2.45, 2.75) is 236 Å². The van der Waals surface area contributed by atoms with Crippen LogP contribution >= 0.6 is 0 Å². The molecular formula is C46H80N2O34. The highest BCUT2D eigenvalue weighted by molar-refractivity contribution is 5.73. The van der Waals surface area contributed by atoms with Crippen molar-refractivity contribution in [1.82, 2.24) is 10.6 Å². The third-order valence-electron chi connectivity index (χ3n) is 14.9. The Morgan fingerprint density at radius 2 is 0.866 bits per heavy atom. The largest absolute Gasteiger partial charge is 0.394 e. The molecule has 6 heterocycles. The molecule has 0 aromatic rings. The molecule has 6 rings (SSSR count). The first-order valence-corrected chi connectivity index (χ1v) is 26.3. The minimum atomic E-state index is -2.40. The number of carbonyl (C=O) groups is 2. The molecule has 0 spiro atoms. The van der Waals surface area contributed by atoms with Crippen LogP contribution in [0.3, 0.4) is 0 Å². The predicted octanol–water partition coefficient (Wildman–Crippen LogP) is -14.3. The van der Waals surface area contributed by atoms with Crippen LogP contribution < -0.4 is 10.6 Å². The normalized spacial score (nSPS) is 47.2. The molecule has 0 aromatic carbocycles. The fourth-order valence-electron chi connectivity index (χ4n) is 10.2. The minimum Gasteiger partial charge on any atom is -0.394 e. The van der Waals surface area contributed by atoms with Crippen LogP contribution in [0.25, 0.3) is 0 Å². The van der Waals surface area contributed by atoms with E-state index in [0.717, 1.165) is 13.8 Å². The molecule has 0 aliphatic carbocycles. The second-order valence-corrected chi connectivity index (χ2v) is 20.8. The smallest absolute Gasteiger partial charge is 0.217 e. The SMILES string of the molecule is CC(=O)N[C@H]1[C@H](OC[C@@H](O)[C@H](O)[C@H](O[C@@H]2O[C@H](CO)[C@H](O)[C@H](O[C@@H]3O[C@H](CO)[C@H](O[C@H]4O[C@H](CO)[C@H](O)[C@H](O)[C@H]4O)[C@H](O)[C@H]3O[C@H]3O[C@H](C)[C@H](O)[C@H](O)[C@H]3O)[C@H]2O[C@H]2O[C@H](C)[C@H](O)[C@H](O)[C@H]2O)[C@H](CO)NC(C)=O)O[C@H](CO)[C@@H](O)[C@@H]1O. The van der Waals surface area contributed by atoms with Crippen LogP contribution in [-0.2, 0) is 66.4 Å². The monoisotopic (exact) mass is 1200 g/mol. The Morgan fingerprint density at radius 3 is 1.37 bits per heavy atom. The Labute approximate surface area is 466 Å². The second kappa shape index (κ2) is 30.0. The van der Waals surface area contributed by atoms with E-state index < -0.39 is 260 Å². The Hall–Kier alpha value is -2.34. The number of aliphatic hydroxyl groups excluding tert-OH is 20. The first kappa shape index (κ1) is 68.8. The number of nitrogens with one attached hydrogen (secondary N) is 2. The van der Waals surface area contributed by atoms with E-state index in [4.69, 9.17) is 56.8 Å². The van der Waals surface area contributed by atoms with Gasteiger partial charge in [0, 0.05) is 13.8 Å². The fourth-order valence-corrected chi connectivity index (χ4v) is 10.2. The highest BCUT2D eigenvalue weighted by Gasteiger charge is 2.59. The zero-order chi connectivity index (χ0) is 60.9. The Bertz CT molecular complexity index is 1980. The lowest BCUT2D eigenvalue weighted by molar-refractivity contribution is -0.414. The average Bonchev–Trinajstić information content (AvgIpc) is 2.50. The molecular weight excluding hydrogens is 1120 g/mol. The van der Waals surface area contributed by atoms with Crippen molar-refractivity contribution in [2.24, 2.45) is 0 Å². The van der Waals surface area contributed by atoms with Crippen LogP contribution in [0.15, 0.2) is 0 Å². The zero-order valence-corrected chi connectivity index (χ0v) is 44.5. The molecule has 36 heteroatoms. The number of hydrogen-bond donors (Lipinski definition) is 22. The molecule has 6 saturated heterocycles. The predicted molar refractivity (Wildman–Crippen MR) is 254 cm³/mol. The number of hydrogen-bond acceptors (Lipinski definition) is 34. The number of rotatable bonds is 23. The molecule has 6 fully saturated rings. The number of amides is 2. The van der Waals surface area contributed by atoms with Crippen molar-refractivity contribution >= 4 is 11.8 Å². The third kappa shape index (κ3) is 15.3. The molecule has 0 radical (unpaired) electrons. The molecule has 34 atom stereocenters. The molecule has 2 amide bonds. The van der Waals surface area contributed by atoms with E-state index in [1.54, 1.807) is 0 Å². The van der Waals surface area contributed by atoms with Gasteiger partial charge in [-0.15, -0.1) is 0 Å². The van der Waals surface area contributed by atoms with Crippen LogP contribution in [-0.4, -0.2) is 362 Å². The van der Waals surface area contributed by atoms with Gasteiger partial charge in [0.25, 0.3) is 0 Å². The van der Waals surface area contributed by atoms with Gasteiger partial charge in [-0.05, 0) is 13.8 Å². The van der Waals surface area contributed by atoms with Gasteiger partial charge in [-0.1, -0.05) is 0 Å². The van der Waals surface area contributed by atoms with Crippen molar-refractivity contribution in [3.8, 4) is 0 Å². The summed E-state index contributed by atoms with van der Waals surface area (Å²) in [4.78, 5) is 24.7. The maximum atomic E-state index is 12.6. The van der Waals surface area contributed by atoms with E-state index in [-0.39, 0.29) is 0 Å². The van der Waals surface area contributed by atoms with Crippen LogP contribution in [0.1, 0.15) is 27.7 Å². The van der Waals surface area contributed by atoms with E-state index in [1.165, 1.54) is 13.8 Å². The second-order valence-electron chi connectivity index (χ2n) is 20.8. The van der Waals surface area contributed by atoms with Gasteiger partial charge in [0.2, 0.25) is 11.8 Å². The molecule has 0 saturated carbocycles. The molecule has 0 aromatic heterocycles. The summed E-state index contributed by atoms with van der Waals surface area (Å²) in [6, 6.07) is -3.36. The van der Waals surface area contributed by atoms with E-state index in [9.17, 15) is 112 Å². The van der Waals surface area contributed by atoms with Gasteiger partial charge in [-0.2, -0.15) is 0 Å². The fraction of sp³-hybridized carbons (Fsp3) is 0.957. The molecule has 6 aliphatic rings. The standard InChI is InChI=1S/C46H80N2O34/c1-11-22(57)29(64)32(67)42(72-11)81-39-35(70)37(79-44-34(69)31(66)26(61)18(7-51)75-44)20(9-53)77-45(39)80-38-27(62)19(8-52)76-46(40(38)82-43-33(68)30(65)23(58)12(2)73-43)78-36(15(5-49)47-13(3)54)24(59)16(56)10-71-41-21(48-14(4)55)28(63)25(60)17(6-50)74-41/h11-12,15-46,49-53,56-70H,5-10H2,1-4H3,(H,47,54)(H,48,55)/t11-,12-,15+,16-,17-,18-,19-,20-,21-,22+,23+,24+,25-,26+,27+,28-,29+,30+,31+,32-,33-,34-,35+,36-,37+,38+,39-,40-,41-,42-,43-,44-,45+,46+/m1/s1. The van der Waals surface area contributed by atoms with Gasteiger partial charge in [-0.3, -0.25) is 9.59 Å². The molecule has 22 N–H and O–H groups in total. The summed E-state index contributed by atoms with van der Waals surface area (Å²) in [5, 5.41) is 222. The zero-order valence-electron chi connectivity index (χ0n) is 44.5. The van der Waals surface area contributed by atoms with Crippen molar-refractivity contribution < 1.29 is 169 Å². The lowest BCUT2D eigenvalue weighted by Crippen LogP contribution is -2.69. The average molecular weight is 1210 g/mol. The summed E-state index contributed by atoms with van der Waals surface area (Å²) in [6.07, 6.45) is -63.8. The molecule has 82 heavy (non-hydrogen) atoms. The van der Waals surface area contributed by atoms with Gasteiger partial charge in [-0.25, -0.2) is 0 Å². The highest BCUT2D eigenvalue weighted by atomic mass is 16.8. The van der Waals surface area contributed by atoms with Gasteiger partial charge in [0.1, 0.15) is 153 Å². The summed E-state index contributed by atoms with van der Waals surface area (Å²) < 4.78 is 70.4. The van der Waals surface area contributed by atoms with E-state index in [2.05, 4.69) is 10.6 Å². The van der Waals surface area contributed by atoms with E-state index in [1.807, 2.05) is 0 Å². The van der Waals surface area contributed by atoms with Gasteiger partial charge in [0.15, 0.2) is 37.7 Å². The molecule has 0 unspecified atom stereocenters. The minimum absolute atomic E-state index is 0.755. The third-order valence-corrected chi connectivity index (χ3v) is 14.9. The van der Waals surface area contributed by atoms with Crippen molar-refractivity contribution in [3.05, 3.63) is 0 Å². The van der Waals surface area contributed by atoms with Gasteiger partial charge < -0.3 is 170 Å². The highest BCUT2D eigenvalue weighted by Crippen LogP contribution is 2.38. The molecule has 0 bridgehead atoms. The Morgan fingerprint density at radius 1 is 0.439 bits per heavy atom. The summed E-state index contributed by atoms with van der Waals surface area (Å²) in [5.41, 5.74) is 0. The number of carbonyl (C=O) groups excluding carboxylic acids is 2. The van der Waals surface area contributed by atoms with Gasteiger partial charge in [0.05, 0.1) is 57.9 Å². The van der Waals surface area contributed by atoms with Crippen molar-refractivity contribution in [1.29, 1.82) is 0 Å². The number of aliphatic hydroxyl groups is 20. The maximum absolute atomic E-state index is 12.6. The van der Waals surface area contributed by atoms with Crippen LogP contribution in [0.4, 0.5) is 0 Å². The van der Waals surface area contributed by atoms with Gasteiger partial charge >= 0.3 is 0 Å². The van der Waals surface area contributed by atoms with Crippen molar-refractivity contribution in [2.75, 3.05) is 39.6 Å². The quantitative estimate of drug-likeness (QED) is 0.0452. The Balaban J connectivity index is 1.40. The summed E-state index contributed by atoms with van der Waals surface area (Å²) in [5.74, 6) is -1.64. The molecule has 478 valence electrons. The first-order valence-electron chi connectivity index (χ1n) is 26.3. The lowest BCUT2D eigenvalue weighted by Gasteiger charge is -2.51. The molecule has 36 nitrogen and oxygen atoms in total. The first-order chi connectivity index (χ1) is 38.6. The van der Waals surface area contributed by atoms with E-state index in [0.29, 0.717) is 0 Å². The summed E-state index contributed by atoms with van der Waals surface area (Å²) in [6.45, 7) is -1.82. The molecule has 6 aliphatic heterocycles. The number of ether oxygens (including phenoxy) is 12. The van der Waals surface area contributed by atoms with Crippen LogP contribution in [0.5, 0.6) is 0 Å². The van der Waals surface area contributed by atoms with E-state index >= 15 is 0 Å². The lowest BCUT2D eigenvalue weighted by atomic mass is 9.94. The van der Waals surface area contributed by atoms with Crippen LogP contribution in [0, 0.1) is 0 Å². The van der Waals surface area contributed by atoms with Crippen molar-refractivity contribution in [3.63, 3.8) is 0 Å². The topological polar surface area (TPSA) is 574 Å². The summed E-state index contributed by atoms with van der Waals surface area (Å²) in [7, 11) is 0.